The third-order valence-corrected chi connectivity index (χ3v) is 17.6. The first-order valence-corrected chi connectivity index (χ1v) is 22.1. The van der Waals surface area contributed by atoms with E-state index in [0.29, 0.717) is 25.7 Å². The molecule has 3 aliphatic heterocycles. The highest BCUT2D eigenvalue weighted by molar-refractivity contribution is 5.65. The zero-order valence-electron chi connectivity index (χ0n) is 36.7. The van der Waals surface area contributed by atoms with Gasteiger partial charge in [0.05, 0.1) is 41.7 Å². The Morgan fingerprint density at radius 3 is 2.08 bits per heavy atom. The molecule has 22 atom stereocenters. The lowest BCUT2D eigenvalue weighted by molar-refractivity contribution is -0.382. The number of aliphatic hydroxyl groups is 8. The zero-order valence-corrected chi connectivity index (χ0v) is 36.7. The molecule has 4 saturated carbocycles. The minimum atomic E-state index is -1.72. The molecule has 7 aliphatic rings. The number of carbonyl (C=O) groups is 1. The molecule has 0 spiro atoms. The molecule has 0 radical (unpaired) electrons. The molecule has 59 heavy (non-hydrogen) atoms. The molecule has 3 saturated heterocycles. The summed E-state index contributed by atoms with van der Waals surface area (Å²) in [5.41, 5.74) is -3.49. The lowest BCUT2D eigenvalue weighted by atomic mass is 9.34. The van der Waals surface area contributed by atoms with Crippen molar-refractivity contribution in [2.24, 2.45) is 45.3 Å². The Morgan fingerprint density at radius 2 is 1.46 bits per heavy atom. The fourth-order valence-corrected chi connectivity index (χ4v) is 14.3. The Balaban J connectivity index is 1.27. The van der Waals surface area contributed by atoms with E-state index in [1.54, 1.807) is 13.8 Å². The van der Waals surface area contributed by atoms with Crippen LogP contribution in [-0.2, 0) is 33.2 Å². The molecule has 8 N–H and O–H groups in total. The Labute approximate surface area is 349 Å². The van der Waals surface area contributed by atoms with E-state index in [9.17, 15) is 45.6 Å². The van der Waals surface area contributed by atoms with Crippen molar-refractivity contribution in [3.05, 3.63) is 0 Å². The van der Waals surface area contributed by atoms with Gasteiger partial charge in [-0.3, -0.25) is 4.79 Å². The van der Waals surface area contributed by atoms with Gasteiger partial charge in [0.1, 0.15) is 49.3 Å². The van der Waals surface area contributed by atoms with E-state index in [2.05, 4.69) is 27.7 Å². The molecule has 0 aromatic heterocycles. The highest BCUT2D eigenvalue weighted by atomic mass is 16.8. The van der Waals surface area contributed by atoms with Crippen LogP contribution in [0.2, 0.25) is 0 Å². The number of fused-ring (bicyclic) bond motifs is 5. The molecule has 0 aromatic carbocycles. The first-order valence-electron chi connectivity index (χ1n) is 22.1. The van der Waals surface area contributed by atoms with Crippen molar-refractivity contribution in [1.29, 1.82) is 0 Å². The summed E-state index contributed by atoms with van der Waals surface area (Å²) in [7, 11) is 0. The van der Waals surface area contributed by atoms with Crippen LogP contribution in [0.4, 0.5) is 0 Å². The van der Waals surface area contributed by atoms with E-state index < -0.39 is 120 Å². The highest BCUT2D eigenvalue weighted by Crippen LogP contribution is 2.76. The molecule has 3 heterocycles. The maximum Gasteiger partial charge on any atom is 0.302 e. The van der Waals surface area contributed by atoms with Gasteiger partial charge in [-0.1, -0.05) is 34.6 Å². The van der Waals surface area contributed by atoms with Crippen molar-refractivity contribution in [3.8, 4) is 0 Å². The van der Waals surface area contributed by atoms with Crippen molar-refractivity contribution in [2.75, 3.05) is 6.61 Å². The van der Waals surface area contributed by atoms with Gasteiger partial charge in [0.25, 0.3) is 0 Å². The molecule has 4 aliphatic carbocycles. The summed E-state index contributed by atoms with van der Waals surface area (Å²) in [5, 5.41) is 90.1. The van der Waals surface area contributed by atoms with Crippen molar-refractivity contribution >= 4 is 5.97 Å². The van der Waals surface area contributed by atoms with Crippen LogP contribution in [0.3, 0.4) is 0 Å². The van der Waals surface area contributed by atoms with Crippen LogP contribution in [0.5, 0.6) is 0 Å². The van der Waals surface area contributed by atoms with E-state index in [1.165, 1.54) is 13.8 Å². The summed E-state index contributed by atoms with van der Waals surface area (Å²) in [6, 6.07) is 0. The number of ether oxygens (including phenoxy) is 6. The minimum absolute atomic E-state index is 0.0340. The number of hydrogen-bond acceptors (Lipinski definition) is 15. The van der Waals surface area contributed by atoms with Gasteiger partial charge in [0.2, 0.25) is 0 Å². The van der Waals surface area contributed by atoms with Crippen LogP contribution >= 0.6 is 0 Å². The van der Waals surface area contributed by atoms with E-state index in [1.807, 2.05) is 13.8 Å². The fraction of sp³-hybridized carbons (Fsp3) is 0.977. The molecular formula is C44H74O15. The van der Waals surface area contributed by atoms with E-state index >= 15 is 0 Å². The maximum atomic E-state index is 12.4. The van der Waals surface area contributed by atoms with Crippen molar-refractivity contribution in [1.82, 2.24) is 0 Å². The molecule has 0 bridgehead atoms. The number of hydrogen-bond donors (Lipinski definition) is 8. The SMILES string of the molecule is CC(=O)OC[C@H]1O[C@@H](O[C@H]2C[C@]3(C)[C@H](C[C@@H](O)[C@@H]4[C@@H]([C@]5(C)CCC(C(C)(C)O)O5)CC[C@]43C)[C@@]3(C)CC[C@H](O)C(C)(C)[C@H]23)[C@H](O[C@@H]2O[C@@H](C)[C@H](O)[C@@H](O)[C@H]2O)[C@@H](O)[C@@H]1O. The fourth-order valence-electron chi connectivity index (χ4n) is 14.3. The third-order valence-electron chi connectivity index (χ3n) is 17.6. The molecule has 340 valence electrons. The van der Waals surface area contributed by atoms with Crippen LogP contribution in [0.1, 0.15) is 121 Å². The third kappa shape index (κ3) is 7.35. The Morgan fingerprint density at radius 1 is 0.780 bits per heavy atom. The molecule has 0 aromatic rings. The quantitative estimate of drug-likeness (QED) is 0.129. The van der Waals surface area contributed by atoms with Gasteiger partial charge in [0, 0.05) is 6.92 Å². The topological polar surface area (TPSA) is 234 Å². The van der Waals surface area contributed by atoms with Crippen molar-refractivity contribution in [3.63, 3.8) is 0 Å². The van der Waals surface area contributed by atoms with Gasteiger partial charge in [-0.05, 0) is 124 Å². The van der Waals surface area contributed by atoms with E-state index in [4.69, 9.17) is 28.4 Å². The van der Waals surface area contributed by atoms with Gasteiger partial charge in [0.15, 0.2) is 12.6 Å². The summed E-state index contributed by atoms with van der Waals surface area (Å²) in [6.45, 7) is 19.0. The predicted molar refractivity (Wildman–Crippen MR) is 210 cm³/mol. The number of rotatable bonds is 8. The van der Waals surface area contributed by atoms with Gasteiger partial charge >= 0.3 is 5.97 Å². The number of aliphatic hydroxyl groups excluding tert-OH is 7. The lowest BCUT2D eigenvalue weighted by Gasteiger charge is -2.72. The lowest BCUT2D eigenvalue weighted by Crippen LogP contribution is -2.71. The van der Waals surface area contributed by atoms with Gasteiger partial charge in [-0.25, -0.2) is 0 Å². The largest absolute Gasteiger partial charge is 0.463 e. The summed E-state index contributed by atoms with van der Waals surface area (Å²) >= 11 is 0. The average Bonchev–Trinajstić information content (AvgIpc) is 3.74. The number of esters is 1. The molecule has 15 heteroatoms. The average molecular weight is 843 g/mol. The van der Waals surface area contributed by atoms with E-state index in [-0.39, 0.29) is 35.2 Å². The monoisotopic (exact) mass is 843 g/mol. The van der Waals surface area contributed by atoms with Crippen molar-refractivity contribution in [2.45, 2.75) is 218 Å². The standard InChI is InChI=1S/C44H74O15/c1-20-30(48)32(50)34(52)37(55-20)58-35-33(51)31(49)25(19-54-21(2)45)57-38(35)56-24-18-43(9)26(41(7)14-12-27(47)39(3,4)36(24)41)17-23(46)29-22(11-15-42(29,43)8)44(10)16-13-28(59-44)40(5,6)53/h20,22-38,46-53H,11-19H2,1-10H3/t20-,22-,23+,24-,25+,26+,27-,28?,29-,30-,31+,32+,33-,34+,35+,36-,37-,38+,41+,42+,43+,44-/m0/s1. The highest BCUT2D eigenvalue weighted by Gasteiger charge is 2.74. The van der Waals surface area contributed by atoms with Gasteiger partial charge < -0.3 is 69.3 Å². The smallest absolute Gasteiger partial charge is 0.302 e. The summed E-state index contributed by atoms with van der Waals surface area (Å²) in [4.78, 5) is 11.9. The van der Waals surface area contributed by atoms with Crippen LogP contribution < -0.4 is 0 Å². The summed E-state index contributed by atoms with van der Waals surface area (Å²) < 4.78 is 37.5. The molecule has 1 unspecified atom stereocenters. The van der Waals surface area contributed by atoms with E-state index in [0.717, 1.165) is 25.7 Å². The first-order chi connectivity index (χ1) is 27.2. The van der Waals surface area contributed by atoms with Crippen molar-refractivity contribution < 1.29 is 74.1 Å². The molecule has 7 rings (SSSR count). The first kappa shape index (κ1) is 46.0. The molecule has 15 nitrogen and oxygen atoms in total. The summed E-state index contributed by atoms with van der Waals surface area (Å²) in [6.07, 6.45) is -11.5. The number of carbonyl (C=O) groups excluding carboxylic acids is 1. The zero-order chi connectivity index (χ0) is 43.6. The minimum Gasteiger partial charge on any atom is -0.463 e. The molecule has 0 amide bonds. The predicted octanol–water partition coefficient (Wildman–Crippen LogP) is 1.93. The van der Waals surface area contributed by atoms with Gasteiger partial charge in [-0.15, -0.1) is 0 Å². The Bertz CT molecular complexity index is 1540. The normalized spacial score (nSPS) is 54.9. The molecule has 7 fully saturated rings. The second kappa shape index (κ2) is 15.6. The Kier molecular flexibility index (Phi) is 12.1. The van der Waals surface area contributed by atoms with Crippen LogP contribution in [0.25, 0.3) is 0 Å². The van der Waals surface area contributed by atoms with Crippen LogP contribution in [0, 0.1) is 45.3 Å². The maximum absolute atomic E-state index is 12.4. The molecular weight excluding hydrogens is 768 g/mol. The van der Waals surface area contributed by atoms with Gasteiger partial charge in [-0.2, -0.15) is 0 Å². The van der Waals surface area contributed by atoms with Crippen LogP contribution in [0.15, 0.2) is 0 Å². The second-order valence-electron chi connectivity index (χ2n) is 21.8. The van der Waals surface area contributed by atoms with Crippen LogP contribution in [-0.4, -0.2) is 150 Å². The Hall–Kier alpha value is -1.05. The summed E-state index contributed by atoms with van der Waals surface area (Å²) in [5.74, 6) is -0.947. The second-order valence-corrected chi connectivity index (χ2v) is 21.8.